The molecule has 0 amide bonds. The molecule has 0 radical (unpaired) electrons. The van der Waals surface area contributed by atoms with Gasteiger partial charge < -0.3 is 5.11 Å². The molecule has 0 atom stereocenters. The normalized spacial score (nSPS) is 13.0. The minimum atomic E-state index is -3.74. The number of likely N-dealkylation sites (N-methyl/N-ethyl adjacent to an activating group) is 1. The molecule has 1 N–H and O–H groups in total. The van der Waals surface area contributed by atoms with Crippen LogP contribution in [0, 0.1) is 0 Å². The number of hydrogen-bond donors (Lipinski definition) is 1. The predicted octanol–water partition coefficient (Wildman–Crippen LogP) is 2.28. The molecule has 7 heteroatoms. The zero-order chi connectivity index (χ0) is 15.8. The first kappa shape index (κ1) is 16.2. The minimum Gasteiger partial charge on any atom is -0.389 e. The molecular formula is C14H17ClN2O3S. The molecule has 2 aromatic rings. The highest BCUT2D eigenvalue weighted by Crippen LogP contribution is 2.29. The molecule has 0 spiro atoms. The quantitative estimate of drug-likeness (QED) is 0.934. The largest absolute Gasteiger partial charge is 0.389 e. The van der Waals surface area contributed by atoms with Crippen LogP contribution in [0.5, 0.6) is 0 Å². The summed E-state index contributed by atoms with van der Waals surface area (Å²) in [6.45, 7) is 3.10. The third-order valence-electron chi connectivity index (χ3n) is 2.98. The lowest BCUT2D eigenvalue weighted by Gasteiger charge is -2.25. The van der Waals surface area contributed by atoms with Crippen molar-refractivity contribution in [3.63, 3.8) is 0 Å². The van der Waals surface area contributed by atoms with Crippen molar-refractivity contribution in [2.75, 3.05) is 13.6 Å². The van der Waals surface area contributed by atoms with Crippen LogP contribution in [0.15, 0.2) is 35.4 Å². The van der Waals surface area contributed by atoms with Gasteiger partial charge in [-0.25, -0.2) is 8.42 Å². The summed E-state index contributed by atoms with van der Waals surface area (Å²) in [5.74, 6) is 0. The standard InChI is InChI=1S/C14H17ClN2O3S/c1-14(2,18)9-17(3)21(19,20)12-7-6-11(15)13-10(12)5-4-8-16-13/h4-8,18H,9H2,1-3H3. The Morgan fingerprint density at radius 2 is 2.00 bits per heavy atom. The Morgan fingerprint density at radius 1 is 1.33 bits per heavy atom. The summed E-state index contributed by atoms with van der Waals surface area (Å²) in [6, 6.07) is 6.30. The van der Waals surface area contributed by atoms with Crippen molar-refractivity contribution in [1.82, 2.24) is 9.29 Å². The second-order valence-electron chi connectivity index (χ2n) is 5.52. The van der Waals surface area contributed by atoms with E-state index in [9.17, 15) is 13.5 Å². The smallest absolute Gasteiger partial charge is 0.243 e. The second kappa shape index (κ2) is 5.53. The van der Waals surface area contributed by atoms with Crippen LogP contribution in [0.3, 0.4) is 0 Å². The third kappa shape index (κ3) is 3.35. The maximum atomic E-state index is 12.7. The Kier molecular flexibility index (Phi) is 4.26. The van der Waals surface area contributed by atoms with Crippen LogP contribution in [0.1, 0.15) is 13.8 Å². The first-order valence-electron chi connectivity index (χ1n) is 6.35. The molecule has 5 nitrogen and oxygen atoms in total. The molecule has 0 aliphatic carbocycles. The third-order valence-corrected chi connectivity index (χ3v) is 5.14. The van der Waals surface area contributed by atoms with E-state index < -0.39 is 15.6 Å². The van der Waals surface area contributed by atoms with Gasteiger partial charge in [-0.2, -0.15) is 4.31 Å². The van der Waals surface area contributed by atoms with Crippen LogP contribution < -0.4 is 0 Å². The van der Waals surface area contributed by atoms with Crippen molar-refractivity contribution in [3.05, 3.63) is 35.5 Å². The number of hydrogen-bond acceptors (Lipinski definition) is 4. The number of nitrogens with zero attached hydrogens (tertiary/aromatic N) is 2. The van der Waals surface area contributed by atoms with Crippen LogP contribution in [-0.2, 0) is 10.0 Å². The molecule has 0 aliphatic heterocycles. The molecule has 0 saturated heterocycles. The lowest BCUT2D eigenvalue weighted by atomic mass is 10.1. The first-order chi connectivity index (χ1) is 9.63. The number of aliphatic hydroxyl groups is 1. The zero-order valence-electron chi connectivity index (χ0n) is 12.0. The van der Waals surface area contributed by atoms with E-state index in [0.29, 0.717) is 15.9 Å². The average molecular weight is 329 g/mol. The number of aromatic nitrogens is 1. The van der Waals surface area contributed by atoms with Crippen molar-refractivity contribution in [1.29, 1.82) is 0 Å². The molecule has 1 aromatic heterocycles. The van der Waals surface area contributed by atoms with Crippen LogP contribution in [-0.4, -0.2) is 42.0 Å². The predicted molar refractivity (Wildman–Crippen MR) is 82.9 cm³/mol. The van der Waals surface area contributed by atoms with E-state index in [-0.39, 0.29) is 11.4 Å². The van der Waals surface area contributed by atoms with Gasteiger partial charge in [-0.15, -0.1) is 0 Å². The second-order valence-corrected chi connectivity index (χ2v) is 7.94. The lowest BCUT2D eigenvalue weighted by Crippen LogP contribution is -2.39. The molecule has 0 unspecified atom stereocenters. The van der Waals surface area contributed by atoms with Gasteiger partial charge in [0.25, 0.3) is 0 Å². The van der Waals surface area contributed by atoms with E-state index in [1.54, 1.807) is 32.2 Å². The summed E-state index contributed by atoms with van der Waals surface area (Å²) in [5, 5.41) is 10.7. The highest BCUT2D eigenvalue weighted by molar-refractivity contribution is 7.89. The zero-order valence-corrected chi connectivity index (χ0v) is 13.6. The van der Waals surface area contributed by atoms with Crippen molar-refractivity contribution in [2.45, 2.75) is 24.3 Å². The van der Waals surface area contributed by atoms with E-state index >= 15 is 0 Å². The monoisotopic (exact) mass is 328 g/mol. The van der Waals surface area contributed by atoms with Crippen LogP contribution in [0.4, 0.5) is 0 Å². The van der Waals surface area contributed by atoms with Crippen molar-refractivity contribution in [2.24, 2.45) is 0 Å². The SMILES string of the molecule is CN(CC(C)(C)O)S(=O)(=O)c1ccc(Cl)c2ncccc12. The van der Waals surface area contributed by atoms with Crippen LogP contribution in [0.25, 0.3) is 10.9 Å². The molecule has 2 rings (SSSR count). The topological polar surface area (TPSA) is 70.5 Å². The maximum Gasteiger partial charge on any atom is 0.243 e. The summed E-state index contributed by atoms with van der Waals surface area (Å²) in [7, 11) is -2.31. The fourth-order valence-corrected chi connectivity index (χ4v) is 3.85. The summed E-state index contributed by atoms with van der Waals surface area (Å²) in [4.78, 5) is 4.25. The van der Waals surface area contributed by atoms with E-state index in [1.807, 2.05) is 0 Å². The van der Waals surface area contributed by atoms with Crippen molar-refractivity contribution in [3.8, 4) is 0 Å². The Bertz CT molecular complexity index is 769. The van der Waals surface area contributed by atoms with E-state index in [2.05, 4.69) is 4.98 Å². The number of sulfonamides is 1. The number of halogens is 1. The van der Waals surface area contributed by atoms with Gasteiger partial charge in [0, 0.05) is 25.2 Å². The Morgan fingerprint density at radius 3 is 2.62 bits per heavy atom. The highest BCUT2D eigenvalue weighted by atomic mass is 35.5. The molecule has 0 bridgehead atoms. The Balaban J connectivity index is 2.58. The maximum absolute atomic E-state index is 12.7. The molecule has 1 aromatic carbocycles. The van der Waals surface area contributed by atoms with Gasteiger partial charge in [-0.05, 0) is 38.1 Å². The first-order valence-corrected chi connectivity index (χ1v) is 8.17. The summed E-state index contributed by atoms with van der Waals surface area (Å²) >= 11 is 6.05. The van der Waals surface area contributed by atoms with Gasteiger partial charge in [0.15, 0.2) is 0 Å². The van der Waals surface area contributed by atoms with Gasteiger partial charge in [0.1, 0.15) is 0 Å². The van der Waals surface area contributed by atoms with E-state index in [0.717, 1.165) is 4.31 Å². The molecule has 0 fully saturated rings. The summed E-state index contributed by atoms with van der Waals surface area (Å²) in [5.41, 5.74) is -0.681. The van der Waals surface area contributed by atoms with E-state index in [1.165, 1.54) is 19.2 Å². The van der Waals surface area contributed by atoms with Gasteiger partial charge in [0.2, 0.25) is 10.0 Å². The molecule has 1 heterocycles. The van der Waals surface area contributed by atoms with Gasteiger partial charge in [-0.1, -0.05) is 11.6 Å². The van der Waals surface area contributed by atoms with Gasteiger partial charge >= 0.3 is 0 Å². The number of fused-ring (bicyclic) bond motifs is 1. The van der Waals surface area contributed by atoms with E-state index in [4.69, 9.17) is 11.6 Å². The number of rotatable bonds is 4. The van der Waals surface area contributed by atoms with Crippen LogP contribution in [0.2, 0.25) is 5.02 Å². The molecule has 0 saturated carbocycles. The van der Waals surface area contributed by atoms with Crippen molar-refractivity contribution < 1.29 is 13.5 Å². The molecular weight excluding hydrogens is 312 g/mol. The van der Waals surface area contributed by atoms with Crippen molar-refractivity contribution >= 4 is 32.5 Å². The summed E-state index contributed by atoms with van der Waals surface area (Å²) < 4.78 is 26.5. The highest BCUT2D eigenvalue weighted by Gasteiger charge is 2.28. The fourth-order valence-electron chi connectivity index (χ4n) is 2.13. The van der Waals surface area contributed by atoms with Gasteiger partial charge in [0.05, 0.1) is 21.0 Å². The number of benzene rings is 1. The number of pyridine rings is 1. The molecule has 114 valence electrons. The Labute approximate surface area is 129 Å². The van der Waals surface area contributed by atoms with Gasteiger partial charge in [-0.3, -0.25) is 4.98 Å². The van der Waals surface area contributed by atoms with Crippen LogP contribution >= 0.6 is 11.6 Å². The Hall–Kier alpha value is -1.21. The molecule has 0 aliphatic rings. The summed E-state index contributed by atoms with van der Waals surface area (Å²) in [6.07, 6.45) is 1.56. The molecule has 21 heavy (non-hydrogen) atoms. The fraction of sp³-hybridized carbons (Fsp3) is 0.357. The average Bonchev–Trinajstić information content (AvgIpc) is 2.37. The lowest BCUT2D eigenvalue weighted by molar-refractivity contribution is 0.0640. The minimum absolute atomic E-state index is 0.0142.